The number of hydrogen-bond acceptors (Lipinski definition) is 3. The topological polar surface area (TPSA) is 40.6 Å². The maximum atomic E-state index is 12.9. The molecular weight excluding hydrogens is 272 g/mol. The fourth-order valence-corrected chi connectivity index (χ4v) is 5.11. The third-order valence-corrected chi connectivity index (χ3v) is 6.33. The lowest BCUT2D eigenvalue weighted by Gasteiger charge is -2.49. The van der Waals surface area contributed by atoms with Gasteiger partial charge in [-0.15, -0.1) is 0 Å². The van der Waals surface area contributed by atoms with Crippen LogP contribution >= 0.6 is 11.8 Å². The van der Waals surface area contributed by atoms with Gasteiger partial charge in [0.15, 0.2) is 0 Å². The Balaban J connectivity index is 1.86. The Hall–Kier alpha value is -0.710. The van der Waals surface area contributed by atoms with Crippen molar-refractivity contribution in [1.82, 2.24) is 9.80 Å². The normalized spacial score (nSPS) is 38.3. The molecule has 0 radical (unpaired) electrons. The summed E-state index contributed by atoms with van der Waals surface area (Å²) in [6, 6.07) is -0.175. The van der Waals surface area contributed by atoms with Crippen LogP contribution in [0.15, 0.2) is 0 Å². The second-order valence-corrected chi connectivity index (χ2v) is 7.31. The first-order chi connectivity index (χ1) is 9.65. The van der Waals surface area contributed by atoms with Gasteiger partial charge in [-0.3, -0.25) is 9.59 Å². The molecule has 3 aliphatic rings. The van der Waals surface area contributed by atoms with Crippen molar-refractivity contribution in [2.75, 3.05) is 12.8 Å². The molecule has 112 valence electrons. The Morgan fingerprint density at radius 3 is 2.60 bits per heavy atom. The fraction of sp³-hybridized carbons (Fsp3) is 0.867. The van der Waals surface area contributed by atoms with E-state index in [0.29, 0.717) is 5.25 Å². The van der Waals surface area contributed by atoms with Crippen LogP contribution in [0.2, 0.25) is 0 Å². The second kappa shape index (κ2) is 5.58. The summed E-state index contributed by atoms with van der Waals surface area (Å²) in [6.45, 7) is 2.69. The van der Waals surface area contributed by atoms with E-state index in [2.05, 4.69) is 6.26 Å². The first kappa shape index (κ1) is 14.2. The number of hydrogen-bond donors (Lipinski definition) is 0. The zero-order chi connectivity index (χ0) is 14.3. The van der Waals surface area contributed by atoms with Crippen LogP contribution in [-0.2, 0) is 9.59 Å². The van der Waals surface area contributed by atoms with Crippen LogP contribution in [0.3, 0.4) is 0 Å². The molecule has 4 nitrogen and oxygen atoms in total. The van der Waals surface area contributed by atoms with Gasteiger partial charge in [0.25, 0.3) is 0 Å². The molecule has 0 aromatic carbocycles. The molecule has 20 heavy (non-hydrogen) atoms. The van der Waals surface area contributed by atoms with Crippen molar-refractivity contribution in [2.45, 2.75) is 68.8 Å². The third kappa shape index (κ3) is 2.14. The Morgan fingerprint density at radius 2 is 1.85 bits per heavy atom. The quantitative estimate of drug-likeness (QED) is 0.781. The zero-order valence-electron chi connectivity index (χ0n) is 12.4. The Kier molecular flexibility index (Phi) is 3.98. The highest BCUT2D eigenvalue weighted by Crippen LogP contribution is 2.36. The van der Waals surface area contributed by atoms with E-state index in [9.17, 15) is 9.59 Å². The number of piperazine rings is 1. The Labute approximate surface area is 125 Å². The first-order valence-electron chi connectivity index (χ1n) is 7.80. The molecule has 2 heterocycles. The van der Waals surface area contributed by atoms with E-state index >= 15 is 0 Å². The van der Waals surface area contributed by atoms with Crippen LogP contribution in [0.4, 0.5) is 0 Å². The smallest absolute Gasteiger partial charge is 0.246 e. The van der Waals surface area contributed by atoms with Gasteiger partial charge in [-0.25, -0.2) is 0 Å². The zero-order valence-corrected chi connectivity index (χ0v) is 13.2. The molecule has 0 aromatic rings. The highest BCUT2D eigenvalue weighted by molar-refractivity contribution is 7.99. The van der Waals surface area contributed by atoms with Crippen LogP contribution in [0.25, 0.3) is 0 Å². The summed E-state index contributed by atoms with van der Waals surface area (Å²) in [4.78, 5) is 29.3. The Morgan fingerprint density at radius 1 is 1.05 bits per heavy atom. The monoisotopic (exact) mass is 296 g/mol. The number of thioether (sulfide) groups is 1. The SMILES string of the molecule is CSC1CCCC1N1C(=O)C2CCCCN2C(=O)C1C. The average molecular weight is 296 g/mol. The summed E-state index contributed by atoms with van der Waals surface area (Å²) in [5, 5.41) is 0.504. The Bertz CT molecular complexity index is 415. The molecule has 5 heteroatoms. The highest BCUT2D eigenvalue weighted by Gasteiger charge is 2.49. The molecule has 2 saturated heterocycles. The van der Waals surface area contributed by atoms with Gasteiger partial charge in [0, 0.05) is 17.8 Å². The maximum absolute atomic E-state index is 12.9. The van der Waals surface area contributed by atoms with E-state index in [4.69, 9.17) is 0 Å². The van der Waals surface area contributed by atoms with Gasteiger partial charge in [0.1, 0.15) is 12.1 Å². The minimum Gasteiger partial charge on any atom is -0.329 e. The van der Waals surface area contributed by atoms with Crippen molar-refractivity contribution in [3.63, 3.8) is 0 Å². The summed E-state index contributed by atoms with van der Waals surface area (Å²) >= 11 is 1.85. The number of nitrogens with zero attached hydrogens (tertiary/aromatic N) is 2. The van der Waals surface area contributed by atoms with Gasteiger partial charge in [0.2, 0.25) is 11.8 Å². The van der Waals surface area contributed by atoms with Crippen LogP contribution in [0.5, 0.6) is 0 Å². The summed E-state index contributed by atoms with van der Waals surface area (Å²) in [5.74, 6) is 0.379. The van der Waals surface area contributed by atoms with Crippen molar-refractivity contribution in [1.29, 1.82) is 0 Å². The van der Waals surface area contributed by atoms with Gasteiger partial charge < -0.3 is 9.80 Å². The largest absolute Gasteiger partial charge is 0.329 e. The fourth-order valence-electron chi connectivity index (χ4n) is 4.12. The maximum Gasteiger partial charge on any atom is 0.246 e. The van der Waals surface area contributed by atoms with Gasteiger partial charge in [0.05, 0.1) is 0 Å². The number of piperidine rings is 1. The van der Waals surface area contributed by atoms with Gasteiger partial charge in [-0.2, -0.15) is 11.8 Å². The van der Waals surface area contributed by atoms with E-state index in [1.807, 2.05) is 28.5 Å². The summed E-state index contributed by atoms with van der Waals surface area (Å²) in [6.07, 6.45) is 8.49. The van der Waals surface area contributed by atoms with E-state index in [1.54, 1.807) is 0 Å². The number of carbonyl (C=O) groups excluding carboxylic acids is 2. The molecular formula is C15H24N2O2S. The van der Waals surface area contributed by atoms with Gasteiger partial charge in [-0.05, 0) is 45.3 Å². The van der Waals surface area contributed by atoms with Crippen LogP contribution < -0.4 is 0 Å². The number of amides is 2. The van der Waals surface area contributed by atoms with Crippen molar-refractivity contribution in [3.05, 3.63) is 0 Å². The standard InChI is InChI=1S/C15H24N2O2S/c1-10-14(18)16-9-4-3-6-12(16)15(19)17(10)11-7-5-8-13(11)20-2/h10-13H,3-9H2,1-2H3. The molecule has 0 aromatic heterocycles. The van der Waals surface area contributed by atoms with E-state index in [-0.39, 0.29) is 29.9 Å². The molecule has 3 rings (SSSR count). The van der Waals surface area contributed by atoms with Gasteiger partial charge >= 0.3 is 0 Å². The molecule has 2 amide bonds. The predicted octanol–water partition coefficient (Wildman–Crippen LogP) is 1.88. The minimum absolute atomic E-state index is 0.168. The molecule has 1 aliphatic carbocycles. The predicted molar refractivity (Wildman–Crippen MR) is 80.6 cm³/mol. The number of carbonyl (C=O) groups is 2. The lowest BCUT2D eigenvalue weighted by Crippen LogP contribution is -2.67. The molecule has 4 atom stereocenters. The third-order valence-electron chi connectivity index (χ3n) is 5.18. The lowest BCUT2D eigenvalue weighted by molar-refractivity contribution is -0.165. The van der Waals surface area contributed by atoms with E-state index in [1.165, 1.54) is 12.8 Å². The minimum atomic E-state index is -0.269. The molecule has 0 bridgehead atoms. The average Bonchev–Trinajstić information content (AvgIpc) is 2.93. The van der Waals surface area contributed by atoms with Crippen LogP contribution in [0.1, 0.15) is 45.4 Å². The molecule has 4 unspecified atom stereocenters. The number of rotatable bonds is 2. The molecule has 0 spiro atoms. The molecule has 0 N–H and O–H groups in total. The lowest BCUT2D eigenvalue weighted by atomic mass is 9.94. The van der Waals surface area contributed by atoms with Crippen LogP contribution in [-0.4, -0.2) is 57.8 Å². The first-order valence-corrected chi connectivity index (χ1v) is 9.09. The van der Waals surface area contributed by atoms with E-state index in [0.717, 1.165) is 32.2 Å². The van der Waals surface area contributed by atoms with Crippen molar-refractivity contribution < 1.29 is 9.59 Å². The highest BCUT2D eigenvalue weighted by atomic mass is 32.2. The van der Waals surface area contributed by atoms with E-state index < -0.39 is 0 Å². The summed E-state index contributed by atoms with van der Waals surface area (Å²) in [5.41, 5.74) is 0. The molecule has 3 fully saturated rings. The van der Waals surface area contributed by atoms with Crippen molar-refractivity contribution in [3.8, 4) is 0 Å². The molecule has 1 saturated carbocycles. The molecule has 2 aliphatic heterocycles. The second-order valence-electron chi connectivity index (χ2n) is 6.24. The van der Waals surface area contributed by atoms with Crippen molar-refractivity contribution >= 4 is 23.6 Å². The summed E-state index contributed by atoms with van der Waals surface area (Å²) < 4.78 is 0. The van der Waals surface area contributed by atoms with Gasteiger partial charge in [-0.1, -0.05) is 6.42 Å². The van der Waals surface area contributed by atoms with Crippen molar-refractivity contribution in [2.24, 2.45) is 0 Å². The number of fused-ring (bicyclic) bond motifs is 1. The van der Waals surface area contributed by atoms with Crippen LogP contribution in [0, 0.1) is 0 Å². The summed E-state index contributed by atoms with van der Waals surface area (Å²) in [7, 11) is 0.